The maximum atomic E-state index is 8.60. The second-order valence-electron chi connectivity index (χ2n) is 4.38. The third-order valence-corrected chi connectivity index (χ3v) is 3.03. The molecule has 2 rings (SSSR count). The third kappa shape index (κ3) is 3.18. The summed E-state index contributed by atoms with van der Waals surface area (Å²) in [6.07, 6.45) is 0.965. The van der Waals surface area contributed by atoms with E-state index in [2.05, 4.69) is 34.9 Å². The lowest BCUT2D eigenvalue weighted by Crippen LogP contribution is -2.04. The van der Waals surface area contributed by atoms with E-state index < -0.39 is 0 Å². The van der Waals surface area contributed by atoms with E-state index in [4.69, 9.17) is 10.5 Å². The Morgan fingerprint density at radius 3 is 1.60 bits per heavy atom. The molecule has 2 aromatic carbocycles. The second-order valence-corrected chi connectivity index (χ2v) is 4.38. The van der Waals surface area contributed by atoms with Gasteiger partial charge in [-0.25, -0.2) is 0 Å². The molecule has 2 N–H and O–H groups in total. The molecule has 0 unspecified atom stereocenters. The first-order valence-corrected chi connectivity index (χ1v) is 6.60. The van der Waals surface area contributed by atoms with Gasteiger partial charge in [-0.15, -0.1) is 0 Å². The van der Waals surface area contributed by atoms with Gasteiger partial charge in [0.05, 0.1) is 25.0 Å². The lowest BCUT2D eigenvalue weighted by Gasteiger charge is -2.13. The summed E-state index contributed by atoms with van der Waals surface area (Å²) in [5, 5.41) is 26.0. The second kappa shape index (κ2) is 7.01. The average molecular weight is 264 g/mol. The molecule has 0 atom stereocenters. The van der Waals surface area contributed by atoms with Crippen molar-refractivity contribution in [3.8, 4) is 12.1 Å². The van der Waals surface area contributed by atoms with Gasteiger partial charge in [-0.2, -0.15) is 10.5 Å². The molecule has 20 heavy (non-hydrogen) atoms. The van der Waals surface area contributed by atoms with Crippen LogP contribution < -0.4 is 10.6 Å². The zero-order valence-corrected chi connectivity index (χ0v) is 11.2. The molecule has 4 heteroatoms. The Morgan fingerprint density at radius 1 is 0.750 bits per heavy atom. The van der Waals surface area contributed by atoms with Crippen molar-refractivity contribution in [2.75, 3.05) is 23.7 Å². The molecule has 100 valence electrons. The summed E-state index contributed by atoms with van der Waals surface area (Å²) in [6.45, 7) is 1.28. The van der Waals surface area contributed by atoms with Gasteiger partial charge in [-0.3, -0.25) is 0 Å². The highest BCUT2D eigenvalue weighted by Gasteiger charge is 2.04. The van der Waals surface area contributed by atoms with Crippen LogP contribution in [-0.4, -0.2) is 13.1 Å². The molecule has 0 fully saturated rings. The van der Waals surface area contributed by atoms with Crippen molar-refractivity contribution in [1.82, 2.24) is 0 Å². The fourth-order valence-corrected chi connectivity index (χ4v) is 2.11. The van der Waals surface area contributed by atoms with Gasteiger partial charge in [0.1, 0.15) is 0 Å². The number of nitriles is 2. The van der Waals surface area contributed by atoms with Crippen molar-refractivity contribution in [3.63, 3.8) is 0 Å². The molecule has 0 saturated heterocycles. The first-order chi connectivity index (χ1) is 9.86. The summed E-state index contributed by atoms with van der Waals surface area (Å²) in [6, 6.07) is 16.4. The van der Waals surface area contributed by atoms with Gasteiger partial charge in [-0.1, -0.05) is 24.3 Å². The smallest absolute Gasteiger partial charge is 0.0640 e. The van der Waals surface area contributed by atoms with E-state index in [-0.39, 0.29) is 0 Å². The minimum atomic E-state index is 0.483. The van der Waals surface area contributed by atoms with Gasteiger partial charge in [0.25, 0.3) is 0 Å². The number of hydrogen-bond donors (Lipinski definition) is 2. The van der Waals surface area contributed by atoms with Crippen LogP contribution in [0.25, 0.3) is 10.8 Å². The van der Waals surface area contributed by atoms with E-state index in [1.807, 2.05) is 24.3 Å². The van der Waals surface area contributed by atoms with Crippen LogP contribution in [0.5, 0.6) is 0 Å². The Kier molecular flexibility index (Phi) is 4.81. The highest BCUT2D eigenvalue weighted by Crippen LogP contribution is 2.29. The number of benzene rings is 2. The largest absolute Gasteiger partial charge is 0.384 e. The number of fused-ring (bicyclic) bond motifs is 1. The minimum absolute atomic E-state index is 0.483. The monoisotopic (exact) mass is 264 g/mol. The first-order valence-electron chi connectivity index (χ1n) is 6.60. The summed E-state index contributed by atoms with van der Waals surface area (Å²) in [7, 11) is 0. The van der Waals surface area contributed by atoms with Crippen LogP contribution in [0.1, 0.15) is 12.8 Å². The van der Waals surface area contributed by atoms with Gasteiger partial charge in [-0.05, 0) is 12.1 Å². The fourth-order valence-electron chi connectivity index (χ4n) is 2.11. The van der Waals surface area contributed by atoms with E-state index in [0.29, 0.717) is 25.9 Å². The Bertz CT molecular complexity index is 606. The number of nitrogens with one attached hydrogen (secondary N) is 2. The Balaban J connectivity index is 2.27. The molecule has 0 aliphatic heterocycles. The number of nitrogens with zero attached hydrogens (tertiary/aromatic N) is 2. The van der Waals surface area contributed by atoms with Crippen LogP contribution in [-0.2, 0) is 0 Å². The maximum Gasteiger partial charge on any atom is 0.0640 e. The summed E-state index contributed by atoms with van der Waals surface area (Å²) >= 11 is 0. The van der Waals surface area contributed by atoms with Crippen LogP contribution in [0.15, 0.2) is 36.4 Å². The predicted molar refractivity (Wildman–Crippen MR) is 81.4 cm³/mol. The minimum Gasteiger partial charge on any atom is -0.384 e. The molecule has 0 aromatic heterocycles. The van der Waals surface area contributed by atoms with Gasteiger partial charge in [0, 0.05) is 35.2 Å². The zero-order chi connectivity index (χ0) is 14.2. The van der Waals surface area contributed by atoms with Crippen LogP contribution in [0.4, 0.5) is 11.4 Å². The molecular formula is C16H16N4. The van der Waals surface area contributed by atoms with E-state index in [9.17, 15) is 0 Å². The Morgan fingerprint density at radius 2 is 1.20 bits per heavy atom. The van der Waals surface area contributed by atoms with Crippen LogP contribution in [0.2, 0.25) is 0 Å². The van der Waals surface area contributed by atoms with Gasteiger partial charge >= 0.3 is 0 Å². The van der Waals surface area contributed by atoms with E-state index in [1.165, 1.54) is 0 Å². The lowest BCUT2D eigenvalue weighted by molar-refractivity contribution is 1.07. The van der Waals surface area contributed by atoms with Gasteiger partial charge in [0.15, 0.2) is 0 Å². The van der Waals surface area contributed by atoms with Crippen molar-refractivity contribution in [2.24, 2.45) is 0 Å². The summed E-state index contributed by atoms with van der Waals surface area (Å²) in [5.74, 6) is 0. The van der Waals surface area contributed by atoms with E-state index in [1.54, 1.807) is 0 Å². The van der Waals surface area contributed by atoms with Crippen LogP contribution in [0, 0.1) is 22.7 Å². The molecule has 2 aromatic rings. The van der Waals surface area contributed by atoms with Crippen LogP contribution >= 0.6 is 0 Å². The first kappa shape index (κ1) is 13.7. The molecule has 4 nitrogen and oxygen atoms in total. The molecule has 0 aliphatic rings. The molecule has 0 aliphatic carbocycles. The van der Waals surface area contributed by atoms with Crippen LogP contribution in [0.3, 0.4) is 0 Å². The van der Waals surface area contributed by atoms with E-state index >= 15 is 0 Å². The van der Waals surface area contributed by atoms with E-state index in [0.717, 1.165) is 22.1 Å². The number of rotatable bonds is 6. The highest BCUT2D eigenvalue weighted by atomic mass is 14.9. The standard InChI is InChI=1S/C16H16N4/c17-9-3-11-19-15-7-8-16(20-12-4-10-18)14-6-2-1-5-13(14)15/h1-2,5-8,19-20H,3-4,11-12H2. The normalized spacial score (nSPS) is 9.70. The van der Waals surface area contributed by atoms with Crippen molar-refractivity contribution in [1.29, 1.82) is 10.5 Å². The lowest BCUT2D eigenvalue weighted by atomic mass is 10.1. The Labute approximate surface area is 118 Å². The quantitative estimate of drug-likeness (QED) is 0.783. The predicted octanol–water partition coefficient (Wildman–Crippen LogP) is 3.49. The van der Waals surface area contributed by atoms with Crippen molar-refractivity contribution in [3.05, 3.63) is 36.4 Å². The summed E-state index contributed by atoms with van der Waals surface area (Å²) < 4.78 is 0. The average Bonchev–Trinajstić information content (AvgIpc) is 2.49. The summed E-state index contributed by atoms with van der Waals surface area (Å²) in [4.78, 5) is 0. The maximum absolute atomic E-state index is 8.60. The molecule has 0 bridgehead atoms. The fraction of sp³-hybridized carbons (Fsp3) is 0.250. The van der Waals surface area contributed by atoms with Crippen molar-refractivity contribution in [2.45, 2.75) is 12.8 Å². The third-order valence-electron chi connectivity index (χ3n) is 3.03. The van der Waals surface area contributed by atoms with Crippen molar-refractivity contribution < 1.29 is 0 Å². The molecule has 0 saturated carbocycles. The molecule has 0 amide bonds. The highest BCUT2D eigenvalue weighted by molar-refractivity contribution is 6.01. The molecular weight excluding hydrogens is 248 g/mol. The topological polar surface area (TPSA) is 71.6 Å². The molecule has 0 heterocycles. The molecule has 0 spiro atoms. The molecule has 0 radical (unpaired) electrons. The number of anilines is 2. The summed E-state index contributed by atoms with van der Waals surface area (Å²) in [5.41, 5.74) is 2.06. The van der Waals surface area contributed by atoms with Gasteiger partial charge in [0.2, 0.25) is 0 Å². The van der Waals surface area contributed by atoms with Crippen molar-refractivity contribution >= 4 is 22.1 Å². The number of hydrogen-bond acceptors (Lipinski definition) is 4. The van der Waals surface area contributed by atoms with Gasteiger partial charge < -0.3 is 10.6 Å². The SMILES string of the molecule is N#CCCNc1ccc(NCCC#N)c2ccccc12. The zero-order valence-electron chi connectivity index (χ0n) is 11.2. The Hall–Kier alpha value is -2.72.